The van der Waals surface area contributed by atoms with E-state index in [2.05, 4.69) is 13.8 Å². The van der Waals surface area contributed by atoms with Crippen molar-refractivity contribution in [3.8, 4) is 0 Å². The molecule has 4 saturated carbocycles. The molecule has 4 aliphatic rings. The van der Waals surface area contributed by atoms with Crippen LogP contribution in [-0.2, 0) is 4.79 Å². The third-order valence-corrected chi connectivity index (χ3v) is 9.41. The Kier molecular flexibility index (Phi) is 4.34. The molecule has 2 heteroatoms. The lowest BCUT2D eigenvalue weighted by molar-refractivity contribution is -0.137. The van der Waals surface area contributed by atoms with Crippen LogP contribution in [0.25, 0.3) is 6.08 Å². The van der Waals surface area contributed by atoms with Gasteiger partial charge in [-0.1, -0.05) is 38.8 Å². The summed E-state index contributed by atoms with van der Waals surface area (Å²) in [4.78, 5) is 13.4. The Bertz CT molecular complexity index is 825. The van der Waals surface area contributed by atoms with Crippen molar-refractivity contribution in [1.29, 1.82) is 0 Å². The Morgan fingerprint density at radius 3 is 2.71 bits per heavy atom. The zero-order valence-electron chi connectivity index (χ0n) is 17.3. The number of rotatable bonds is 1. The molecule has 0 N–H and O–H groups in total. The van der Waals surface area contributed by atoms with Gasteiger partial charge in [0.25, 0.3) is 0 Å². The summed E-state index contributed by atoms with van der Waals surface area (Å²) in [5.41, 5.74) is 2.07. The summed E-state index contributed by atoms with van der Waals surface area (Å²) < 4.78 is 13.6. The number of fused-ring (bicyclic) bond motifs is 5. The van der Waals surface area contributed by atoms with Gasteiger partial charge in [0.05, 0.1) is 0 Å². The van der Waals surface area contributed by atoms with Crippen LogP contribution in [0, 0.1) is 40.3 Å². The van der Waals surface area contributed by atoms with Gasteiger partial charge in [-0.15, -0.1) is 0 Å². The number of hydrogen-bond acceptors (Lipinski definition) is 1. The minimum Gasteiger partial charge on any atom is -0.294 e. The van der Waals surface area contributed by atoms with E-state index >= 15 is 0 Å². The maximum Gasteiger partial charge on any atom is 0.165 e. The summed E-state index contributed by atoms with van der Waals surface area (Å²) in [6.07, 6.45) is 13.4. The van der Waals surface area contributed by atoms with Gasteiger partial charge >= 0.3 is 0 Å². The Morgan fingerprint density at radius 1 is 1.04 bits per heavy atom. The third-order valence-electron chi connectivity index (χ3n) is 9.41. The molecule has 4 aliphatic carbocycles. The molecule has 150 valence electrons. The quantitative estimate of drug-likeness (QED) is 0.488. The second kappa shape index (κ2) is 6.54. The molecule has 0 unspecified atom stereocenters. The SMILES string of the molecule is C[C@]12CCCC[C@@H]1CC[C@H]1[C@H]2CC[C@]2(C)C(=O)/C(=C/c3cccc(F)c3)C[C@@H]12. The van der Waals surface area contributed by atoms with E-state index in [4.69, 9.17) is 0 Å². The Labute approximate surface area is 168 Å². The lowest BCUT2D eigenvalue weighted by atomic mass is 9.45. The fourth-order valence-corrected chi connectivity index (χ4v) is 7.89. The lowest BCUT2D eigenvalue weighted by Crippen LogP contribution is -2.52. The first kappa shape index (κ1) is 18.6. The summed E-state index contributed by atoms with van der Waals surface area (Å²) in [5.74, 6) is 3.00. The number of ketones is 1. The zero-order chi connectivity index (χ0) is 19.5. The van der Waals surface area contributed by atoms with E-state index in [-0.39, 0.29) is 11.2 Å². The fourth-order valence-electron chi connectivity index (χ4n) is 7.89. The molecule has 0 aliphatic heterocycles. The average molecular weight is 381 g/mol. The van der Waals surface area contributed by atoms with Crippen molar-refractivity contribution in [2.24, 2.45) is 34.5 Å². The van der Waals surface area contributed by atoms with E-state index in [0.29, 0.717) is 23.0 Å². The third kappa shape index (κ3) is 2.66. The van der Waals surface area contributed by atoms with Crippen molar-refractivity contribution >= 4 is 11.9 Å². The van der Waals surface area contributed by atoms with Crippen LogP contribution < -0.4 is 0 Å². The van der Waals surface area contributed by atoms with Crippen molar-refractivity contribution in [2.75, 3.05) is 0 Å². The van der Waals surface area contributed by atoms with Crippen molar-refractivity contribution in [1.82, 2.24) is 0 Å². The Hall–Kier alpha value is -1.44. The van der Waals surface area contributed by atoms with Crippen LogP contribution in [0.15, 0.2) is 29.8 Å². The van der Waals surface area contributed by atoms with Gasteiger partial charge in [0.1, 0.15) is 5.82 Å². The van der Waals surface area contributed by atoms with E-state index in [1.165, 1.54) is 51.0 Å². The zero-order valence-corrected chi connectivity index (χ0v) is 17.3. The summed E-state index contributed by atoms with van der Waals surface area (Å²) in [7, 11) is 0. The molecule has 0 spiro atoms. The summed E-state index contributed by atoms with van der Waals surface area (Å²) in [6.45, 7) is 4.81. The normalized spacial score (nSPS) is 44.1. The molecule has 6 atom stereocenters. The average Bonchev–Trinajstić information content (AvgIpc) is 2.92. The van der Waals surface area contributed by atoms with Crippen LogP contribution in [0.4, 0.5) is 4.39 Å². The predicted octanol–water partition coefficient (Wildman–Crippen LogP) is 6.82. The highest BCUT2D eigenvalue weighted by Gasteiger charge is 2.60. The molecule has 0 aromatic heterocycles. The number of carbonyl (C=O) groups is 1. The van der Waals surface area contributed by atoms with Gasteiger partial charge in [-0.3, -0.25) is 4.79 Å². The molecular weight excluding hydrogens is 347 g/mol. The standard InChI is InChI=1S/C26H33FO/c1-25-12-4-3-7-19(25)9-10-21-22(25)11-13-26(2)23(21)16-18(24(26)28)14-17-6-5-8-20(27)15-17/h5-6,8,14-15,19,21-23H,3-4,7,9-13,16H2,1-2H3/b18-14+/t19-,21+,22-,23+,25+,26+/m1/s1. The first-order chi connectivity index (χ1) is 13.4. The van der Waals surface area contributed by atoms with Crippen LogP contribution in [0.2, 0.25) is 0 Å². The summed E-state index contributed by atoms with van der Waals surface area (Å²) in [5, 5.41) is 0. The molecule has 1 aromatic carbocycles. The second-order valence-electron chi connectivity index (χ2n) is 10.6. The summed E-state index contributed by atoms with van der Waals surface area (Å²) in [6, 6.07) is 6.65. The van der Waals surface area contributed by atoms with E-state index < -0.39 is 0 Å². The summed E-state index contributed by atoms with van der Waals surface area (Å²) >= 11 is 0. The maximum absolute atomic E-state index is 13.6. The molecule has 1 nitrogen and oxygen atoms in total. The Balaban J connectivity index is 1.46. The van der Waals surface area contributed by atoms with Gasteiger partial charge in [0.2, 0.25) is 0 Å². The second-order valence-corrected chi connectivity index (χ2v) is 10.6. The molecule has 0 saturated heterocycles. The molecule has 5 rings (SSSR count). The van der Waals surface area contributed by atoms with Crippen molar-refractivity contribution < 1.29 is 9.18 Å². The van der Waals surface area contributed by atoms with Gasteiger partial charge in [0.15, 0.2) is 5.78 Å². The largest absolute Gasteiger partial charge is 0.294 e. The van der Waals surface area contributed by atoms with Crippen LogP contribution in [0.1, 0.15) is 77.2 Å². The molecule has 0 heterocycles. The highest BCUT2D eigenvalue weighted by molar-refractivity contribution is 6.05. The van der Waals surface area contributed by atoms with Crippen LogP contribution in [0.3, 0.4) is 0 Å². The minimum atomic E-state index is -0.230. The van der Waals surface area contributed by atoms with Crippen LogP contribution in [0.5, 0.6) is 0 Å². The minimum absolute atomic E-state index is 0.196. The van der Waals surface area contributed by atoms with E-state index in [0.717, 1.165) is 35.8 Å². The molecule has 0 bridgehead atoms. The molecule has 1 aromatic rings. The van der Waals surface area contributed by atoms with Crippen molar-refractivity contribution in [3.63, 3.8) is 0 Å². The number of hydrogen-bond donors (Lipinski definition) is 0. The van der Waals surface area contributed by atoms with Gasteiger partial charge in [0, 0.05) is 5.41 Å². The topological polar surface area (TPSA) is 17.1 Å². The number of Topliss-reactive ketones (excluding diaryl/α,β-unsaturated/α-hetero) is 1. The van der Waals surface area contributed by atoms with E-state index in [9.17, 15) is 9.18 Å². The van der Waals surface area contributed by atoms with Gasteiger partial charge < -0.3 is 0 Å². The van der Waals surface area contributed by atoms with Crippen LogP contribution >= 0.6 is 0 Å². The maximum atomic E-state index is 13.6. The smallest absolute Gasteiger partial charge is 0.165 e. The van der Waals surface area contributed by atoms with Crippen molar-refractivity contribution in [3.05, 3.63) is 41.2 Å². The monoisotopic (exact) mass is 380 g/mol. The van der Waals surface area contributed by atoms with E-state index in [1.807, 2.05) is 12.1 Å². The predicted molar refractivity (Wildman–Crippen MR) is 111 cm³/mol. The van der Waals surface area contributed by atoms with Crippen LogP contribution in [-0.4, -0.2) is 5.78 Å². The fraction of sp³-hybridized carbons (Fsp3) is 0.654. The molecule has 28 heavy (non-hydrogen) atoms. The van der Waals surface area contributed by atoms with Crippen molar-refractivity contribution in [2.45, 2.75) is 71.6 Å². The van der Waals surface area contributed by atoms with Gasteiger partial charge in [-0.25, -0.2) is 4.39 Å². The molecule has 4 fully saturated rings. The van der Waals surface area contributed by atoms with Gasteiger partial charge in [-0.2, -0.15) is 0 Å². The number of carbonyl (C=O) groups excluding carboxylic acids is 1. The highest BCUT2D eigenvalue weighted by atomic mass is 19.1. The number of halogens is 1. The first-order valence-corrected chi connectivity index (χ1v) is 11.4. The number of allylic oxidation sites excluding steroid dienone is 1. The van der Waals surface area contributed by atoms with Gasteiger partial charge in [-0.05, 0) is 103 Å². The first-order valence-electron chi connectivity index (χ1n) is 11.4. The number of benzene rings is 1. The molecular formula is C26H33FO. The lowest BCUT2D eigenvalue weighted by Gasteiger charge is -2.59. The Morgan fingerprint density at radius 2 is 1.89 bits per heavy atom. The molecule has 0 amide bonds. The highest BCUT2D eigenvalue weighted by Crippen LogP contribution is 2.66. The van der Waals surface area contributed by atoms with E-state index in [1.54, 1.807) is 12.1 Å². The molecule has 0 radical (unpaired) electrons.